The first kappa shape index (κ1) is 14.7. The Kier molecular flexibility index (Phi) is 5.85. The summed E-state index contributed by atoms with van der Waals surface area (Å²) in [4.78, 5) is 0. The molecule has 5 heteroatoms. The van der Waals surface area contributed by atoms with Crippen molar-refractivity contribution >= 4 is 6.21 Å². The van der Waals surface area contributed by atoms with E-state index >= 15 is 0 Å². The number of hydrogen-bond acceptors (Lipinski definition) is 1. The Morgan fingerprint density at radius 3 is 2.19 bits per heavy atom. The predicted molar refractivity (Wildman–Crippen MR) is 56.6 cm³/mol. The van der Waals surface area contributed by atoms with E-state index in [1.54, 1.807) is 6.08 Å². The topological polar surface area (TPSA) is 23.2 Å². The second-order valence-electron chi connectivity index (χ2n) is 3.19. The van der Waals surface area contributed by atoms with Crippen LogP contribution in [0.4, 0.5) is 13.2 Å². The zero-order valence-electron chi connectivity index (χ0n) is 9.67. The lowest BCUT2D eigenvalue weighted by molar-refractivity contribution is -0.745. The summed E-state index contributed by atoms with van der Waals surface area (Å²) in [6.07, 6.45) is 0.421. The minimum atomic E-state index is -4.55. The largest absolute Gasteiger partial charge is 0.482 e. The summed E-state index contributed by atoms with van der Waals surface area (Å²) in [5, 5.41) is 9.32. The highest BCUT2D eigenvalue weighted by atomic mass is 19.4. The molecule has 0 rings (SSSR count). The molecular formula is C11H17F3NO+. The second kappa shape index (κ2) is 6.35. The quantitative estimate of drug-likeness (QED) is 0.342. The molecule has 0 saturated carbocycles. The van der Waals surface area contributed by atoms with E-state index in [1.165, 1.54) is 6.92 Å². The molecule has 0 atom stereocenters. The normalized spacial score (nSPS) is 15.5. The summed E-state index contributed by atoms with van der Waals surface area (Å²) in [6, 6.07) is 0. The van der Waals surface area contributed by atoms with E-state index in [9.17, 15) is 18.4 Å². The average molecular weight is 236 g/mol. The molecule has 0 aromatic rings. The summed E-state index contributed by atoms with van der Waals surface area (Å²) in [7, 11) is 0. The van der Waals surface area contributed by atoms with Crippen LogP contribution < -0.4 is 0 Å². The lowest BCUT2D eigenvalue weighted by atomic mass is 10.2. The lowest BCUT2D eigenvalue weighted by Crippen LogP contribution is -2.23. The van der Waals surface area contributed by atoms with E-state index in [-0.39, 0.29) is 4.74 Å². The zero-order chi connectivity index (χ0) is 12.8. The predicted octanol–water partition coefficient (Wildman–Crippen LogP) is 3.67. The SMILES string of the molecule is C\C=C(/[N+](O)=C\C(=C/CC)CC)C(F)(F)F. The Hall–Kier alpha value is -1.26. The molecule has 0 aliphatic carbocycles. The summed E-state index contributed by atoms with van der Waals surface area (Å²) in [6.45, 7) is 4.93. The summed E-state index contributed by atoms with van der Waals surface area (Å²) >= 11 is 0. The van der Waals surface area contributed by atoms with Crippen molar-refractivity contribution in [2.45, 2.75) is 39.8 Å². The van der Waals surface area contributed by atoms with Crippen molar-refractivity contribution in [2.75, 3.05) is 0 Å². The minimum Gasteiger partial charge on any atom is -0.285 e. The molecule has 0 aliphatic rings. The van der Waals surface area contributed by atoms with Gasteiger partial charge in [-0.25, -0.2) is 0 Å². The van der Waals surface area contributed by atoms with Gasteiger partial charge in [-0.15, -0.1) is 0 Å². The van der Waals surface area contributed by atoms with E-state index in [0.29, 0.717) is 18.4 Å². The van der Waals surface area contributed by atoms with Gasteiger partial charge in [0.25, 0.3) is 0 Å². The van der Waals surface area contributed by atoms with Crippen molar-refractivity contribution < 1.29 is 23.1 Å². The Labute approximate surface area is 93.4 Å². The molecule has 0 fully saturated rings. The van der Waals surface area contributed by atoms with Gasteiger partial charge in [-0.3, -0.25) is 5.21 Å². The number of halogens is 3. The zero-order valence-corrected chi connectivity index (χ0v) is 9.67. The van der Waals surface area contributed by atoms with Crippen molar-refractivity contribution in [3.8, 4) is 0 Å². The molecule has 0 aromatic carbocycles. The van der Waals surface area contributed by atoms with E-state index in [1.807, 2.05) is 13.8 Å². The fraction of sp³-hybridized carbons (Fsp3) is 0.545. The average Bonchev–Trinajstić information content (AvgIpc) is 2.15. The van der Waals surface area contributed by atoms with Crippen molar-refractivity contribution in [2.24, 2.45) is 0 Å². The fourth-order valence-electron chi connectivity index (χ4n) is 1.20. The molecule has 0 unspecified atom stereocenters. The van der Waals surface area contributed by atoms with E-state index in [4.69, 9.17) is 0 Å². The summed E-state index contributed by atoms with van der Waals surface area (Å²) in [5.41, 5.74) is -0.420. The van der Waals surface area contributed by atoms with Crippen LogP contribution in [0.25, 0.3) is 0 Å². The van der Waals surface area contributed by atoms with Crippen LogP contribution in [0.5, 0.6) is 0 Å². The molecule has 16 heavy (non-hydrogen) atoms. The van der Waals surface area contributed by atoms with Gasteiger partial charge in [-0.2, -0.15) is 13.2 Å². The van der Waals surface area contributed by atoms with Gasteiger partial charge in [-0.05, 0) is 25.8 Å². The molecule has 0 bridgehead atoms. The van der Waals surface area contributed by atoms with Gasteiger partial charge in [0.15, 0.2) is 0 Å². The fourth-order valence-corrected chi connectivity index (χ4v) is 1.20. The standard InChI is InChI=1S/C11H17F3NO/c1-4-7-9(5-2)8-15(16)10(6-3)11(12,13)14/h6-8,16H,4-5H2,1-3H3/q+1/b9-7-,10-6-,15-8+. The Morgan fingerprint density at radius 1 is 1.31 bits per heavy atom. The van der Waals surface area contributed by atoms with E-state index in [0.717, 1.165) is 12.3 Å². The van der Waals surface area contributed by atoms with Crippen molar-refractivity contribution in [3.05, 3.63) is 23.4 Å². The van der Waals surface area contributed by atoms with Crippen LogP contribution in [0, 0.1) is 0 Å². The number of nitrogens with zero attached hydrogens (tertiary/aromatic N) is 1. The first-order valence-corrected chi connectivity index (χ1v) is 5.12. The molecule has 0 heterocycles. The van der Waals surface area contributed by atoms with Crippen LogP contribution >= 0.6 is 0 Å². The Balaban J connectivity index is 5.10. The summed E-state index contributed by atoms with van der Waals surface area (Å²) < 4.78 is 37.3. The number of alkyl halides is 3. The van der Waals surface area contributed by atoms with Gasteiger partial charge in [0, 0.05) is 10.3 Å². The van der Waals surface area contributed by atoms with Crippen LogP contribution in [0.1, 0.15) is 33.6 Å². The van der Waals surface area contributed by atoms with Gasteiger partial charge in [0.1, 0.15) is 0 Å². The maximum atomic E-state index is 12.4. The Morgan fingerprint density at radius 2 is 1.88 bits per heavy atom. The van der Waals surface area contributed by atoms with Crippen molar-refractivity contribution in [1.29, 1.82) is 0 Å². The highest BCUT2D eigenvalue weighted by molar-refractivity contribution is 5.74. The van der Waals surface area contributed by atoms with Crippen LogP contribution in [-0.4, -0.2) is 22.3 Å². The van der Waals surface area contributed by atoms with Gasteiger partial charge < -0.3 is 0 Å². The van der Waals surface area contributed by atoms with Crippen LogP contribution in [0.15, 0.2) is 23.4 Å². The molecule has 0 aromatic heterocycles. The van der Waals surface area contributed by atoms with E-state index < -0.39 is 11.9 Å². The maximum Gasteiger partial charge on any atom is 0.482 e. The number of hydroxylamine groups is 1. The highest BCUT2D eigenvalue weighted by Crippen LogP contribution is 2.25. The molecular weight excluding hydrogens is 219 g/mol. The second-order valence-corrected chi connectivity index (χ2v) is 3.19. The van der Waals surface area contributed by atoms with Crippen LogP contribution in [0.2, 0.25) is 0 Å². The third kappa shape index (κ3) is 4.51. The van der Waals surface area contributed by atoms with Gasteiger partial charge in [0.05, 0.1) is 0 Å². The number of rotatable bonds is 4. The molecule has 0 saturated heterocycles. The van der Waals surface area contributed by atoms with Crippen molar-refractivity contribution in [3.63, 3.8) is 0 Å². The number of hydrogen-bond donors (Lipinski definition) is 1. The van der Waals surface area contributed by atoms with Gasteiger partial charge >= 0.3 is 11.9 Å². The molecule has 0 spiro atoms. The van der Waals surface area contributed by atoms with Crippen LogP contribution in [0.3, 0.4) is 0 Å². The van der Waals surface area contributed by atoms with Gasteiger partial charge in [0.2, 0.25) is 6.21 Å². The monoisotopic (exact) mass is 236 g/mol. The van der Waals surface area contributed by atoms with E-state index in [2.05, 4.69) is 0 Å². The molecule has 1 N–H and O–H groups in total. The smallest absolute Gasteiger partial charge is 0.285 e. The maximum absolute atomic E-state index is 12.4. The molecule has 0 amide bonds. The third-order valence-electron chi connectivity index (χ3n) is 1.97. The lowest BCUT2D eigenvalue weighted by Gasteiger charge is -2.03. The first-order valence-electron chi connectivity index (χ1n) is 5.12. The first-order chi connectivity index (χ1) is 7.36. The highest BCUT2D eigenvalue weighted by Gasteiger charge is 2.43. The molecule has 0 aliphatic heterocycles. The van der Waals surface area contributed by atoms with Crippen LogP contribution in [-0.2, 0) is 0 Å². The Bertz CT molecular complexity index is 314. The third-order valence-corrected chi connectivity index (χ3v) is 1.97. The minimum absolute atomic E-state index is 0.130. The molecule has 2 nitrogen and oxygen atoms in total. The number of allylic oxidation sites excluding steroid dienone is 4. The molecule has 0 radical (unpaired) electrons. The molecule has 92 valence electrons. The van der Waals surface area contributed by atoms with Gasteiger partial charge in [-0.1, -0.05) is 19.9 Å². The van der Waals surface area contributed by atoms with Crippen molar-refractivity contribution in [1.82, 2.24) is 0 Å². The summed E-state index contributed by atoms with van der Waals surface area (Å²) in [5.74, 6) is 0.